The molecule has 0 spiro atoms. The van der Waals surface area contributed by atoms with Crippen LogP contribution >= 0.6 is 0 Å². The number of hydrogen-bond acceptors (Lipinski definition) is 3. The van der Waals surface area contributed by atoms with Gasteiger partial charge in [-0.15, -0.1) is 0 Å². The lowest BCUT2D eigenvalue weighted by Crippen LogP contribution is -2.51. The van der Waals surface area contributed by atoms with Gasteiger partial charge in [-0.25, -0.2) is 9.37 Å². The second kappa shape index (κ2) is 5.70. The normalized spacial score (nSPS) is 19.7. The first-order valence-corrected chi connectivity index (χ1v) is 8.12. The van der Waals surface area contributed by atoms with E-state index in [9.17, 15) is 22.4 Å². The lowest BCUT2D eigenvalue weighted by molar-refractivity contribution is -0.184. The number of rotatable bonds is 2. The van der Waals surface area contributed by atoms with Gasteiger partial charge in [0.25, 0.3) is 5.56 Å². The van der Waals surface area contributed by atoms with Crippen molar-refractivity contribution in [3.05, 3.63) is 76.0 Å². The summed E-state index contributed by atoms with van der Waals surface area (Å²) in [6.07, 6.45) is -0.917. The van der Waals surface area contributed by atoms with Gasteiger partial charge in [0, 0.05) is 35.8 Å². The first-order valence-electron chi connectivity index (χ1n) is 8.12. The van der Waals surface area contributed by atoms with Gasteiger partial charge >= 0.3 is 6.18 Å². The van der Waals surface area contributed by atoms with Crippen LogP contribution in [0.25, 0.3) is 0 Å². The minimum atomic E-state index is -4.84. The molecule has 3 heterocycles. The molecule has 1 aliphatic heterocycles. The number of nitrogens with zero attached hydrogens (tertiary/aromatic N) is 1. The summed E-state index contributed by atoms with van der Waals surface area (Å²) in [5, 5.41) is 2.72. The number of aromatic nitrogens is 3. The van der Waals surface area contributed by atoms with Gasteiger partial charge in [-0.05, 0) is 29.8 Å². The Hall–Kier alpha value is -3.10. The average molecular weight is 378 g/mol. The fourth-order valence-corrected chi connectivity index (χ4v) is 3.90. The number of alkyl halides is 3. The van der Waals surface area contributed by atoms with Gasteiger partial charge in [-0.3, -0.25) is 4.79 Å². The number of halogens is 4. The van der Waals surface area contributed by atoms with E-state index in [1.165, 1.54) is 31.5 Å². The van der Waals surface area contributed by atoms with Gasteiger partial charge in [0.05, 0.1) is 0 Å². The van der Waals surface area contributed by atoms with E-state index in [4.69, 9.17) is 0 Å². The predicted octanol–water partition coefficient (Wildman–Crippen LogP) is 3.95. The molecular formula is C18H14F4N4O. The standard InChI is InChI=1S/C18H14F4N4O/c1-9(15-23-6-7-24-15)17(18(20,21)22)11-4-5-25-16(27)14(11)26-13-3-2-10(19)8-12(13)17/h2-9,26H,1H3,(H,23,24)(H,25,27). The number of nitrogens with one attached hydrogen (secondary N) is 3. The summed E-state index contributed by atoms with van der Waals surface area (Å²) in [5.41, 5.74) is -4.12. The lowest BCUT2D eigenvalue weighted by atomic mass is 9.63. The molecule has 140 valence electrons. The molecule has 1 aliphatic rings. The molecule has 0 saturated carbocycles. The molecule has 0 aliphatic carbocycles. The van der Waals surface area contributed by atoms with Crippen LogP contribution in [-0.4, -0.2) is 21.1 Å². The molecular weight excluding hydrogens is 364 g/mol. The zero-order valence-corrected chi connectivity index (χ0v) is 14.0. The van der Waals surface area contributed by atoms with E-state index in [2.05, 4.69) is 20.3 Å². The lowest BCUT2D eigenvalue weighted by Gasteiger charge is -2.45. The first kappa shape index (κ1) is 17.3. The number of imidazole rings is 1. The Balaban J connectivity index is 2.16. The minimum absolute atomic E-state index is 0.0244. The Kier molecular flexibility index (Phi) is 3.66. The van der Waals surface area contributed by atoms with Crippen molar-refractivity contribution < 1.29 is 17.6 Å². The average Bonchev–Trinajstić information content (AvgIpc) is 3.13. The summed E-state index contributed by atoms with van der Waals surface area (Å²) >= 11 is 0. The highest BCUT2D eigenvalue weighted by Gasteiger charge is 2.64. The van der Waals surface area contributed by atoms with Crippen LogP contribution in [0.2, 0.25) is 0 Å². The van der Waals surface area contributed by atoms with Crippen LogP contribution in [0, 0.1) is 5.82 Å². The summed E-state index contributed by atoms with van der Waals surface area (Å²) < 4.78 is 58.3. The molecule has 2 unspecified atom stereocenters. The first-order chi connectivity index (χ1) is 12.8. The van der Waals surface area contributed by atoms with Gasteiger partial charge in [-0.1, -0.05) is 6.92 Å². The molecule has 0 amide bonds. The van der Waals surface area contributed by atoms with Gasteiger partial charge in [-0.2, -0.15) is 13.2 Å². The third kappa shape index (κ3) is 2.30. The molecule has 9 heteroatoms. The molecule has 3 N–H and O–H groups in total. The highest BCUT2D eigenvalue weighted by Crippen LogP contribution is 2.59. The van der Waals surface area contributed by atoms with Crippen LogP contribution in [-0.2, 0) is 5.41 Å². The Bertz CT molecular complexity index is 1060. The monoisotopic (exact) mass is 378 g/mol. The predicted molar refractivity (Wildman–Crippen MR) is 90.6 cm³/mol. The summed E-state index contributed by atoms with van der Waals surface area (Å²) in [7, 11) is 0. The second-order valence-electron chi connectivity index (χ2n) is 6.41. The topological polar surface area (TPSA) is 73.6 Å². The number of benzene rings is 1. The van der Waals surface area contributed by atoms with Crippen LogP contribution in [0.15, 0.2) is 47.7 Å². The SMILES string of the molecule is CC(c1ncc[nH]1)C1(C(F)(F)F)c2cc(F)ccc2Nc2c1cc[nH]c2=O. The van der Waals surface area contributed by atoms with E-state index in [0.29, 0.717) is 0 Å². The fraction of sp³-hybridized carbons (Fsp3) is 0.222. The quantitative estimate of drug-likeness (QED) is 0.592. The van der Waals surface area contributed by atoms with Gasteiger partial charge < -0.3 is 15.3 Å². The highest BCUT2D eigenvalue weighted by atomic mass is 19.4. The summed E-state index contributed by atoms with van der Waals surface area (Å²) in [6, 6.07) is 4.31. The largest absolute Gasteiger partial charge is 0.403 e. The molecule has 0 fully saturated rings. The molecule has 27 heavy (non-hydrogen) atoms. The maximum atomic E-state index is 14.8. The Morgan fingerprint density at radius 2 is 1.89 bits per heavy atom. The van der Waals surface area contributed by atoms with Crippen molar-refractivity contribution in [2.75, 3.05) is 5.32 Å². The molecule has 4 rings (SSSR count). The van der Waals surface area contributed by atoms with Crippen LogP contribution in [0.3, 0.4) is 0 Å². The number of aromatic amines is 2. The van der Waals surface area contributed by atoms with E-state index in [1.54, 1.807) is 0 Å². The van der Waals surface area contributed by atoms with E-state index < -0.39 is 28.9 Å². The summed E-state index contributed by atoms with van der Waals surface area (Å²) in [4.78, 5) is 21.4. The zero-order chi connectivity index (χ0) is 19.4. The van der Waals surface area contributed by atoms with Gasteiger partial charge in [0.15, 0.2) is 0 Å². The molecule has 2 aromatic heterocycles. The van der Waals surface area contributed by atoms with Crippen molar-refractivity contribution in [2.45, 2.75) is 24.4 Å². The zero-order valence-electron chi connectivity index (χ0n) is 14.0. The van der Waals surface area contributed by atoms with Gasteiger partial charge in [0.2, 0.25) is 0 Å². The van der Waals surface area contributed by atoms with Crippen molar-refractivity contribution in [1.29, 1.82) is 0 Å². The fourth-order valence-electron chi connectivity index (χ4n) is 3.90. The van der Waals surface area contributed by atoms with Gasteiger partial charge in [0.1, 0.15) is 22.7 Å². The van der Waals surface area contributed by atoms with E-state index >= 15 is 0 Å². The van der Waals surface area contributed by atoms with E-state index in [-0.39, 0.29) is 28.3 Å². The summed E-state index contributed by atoms with van der Waals surface area (Å²) in [6.45, 7) is 1.36. The van der Waals surface area contributed by atoms with Crippen LogP contribution in [0.5, 0.6) is 0 Å². The van der Waals surface area contributed by atoms with E-state index in [0.717, 1.165) is 18.3 Å². The third-order valence-electron chi connectivity index (χ3n) is 5.08. The number of anilines is 2. The van der Waals surface area contributed by atoms with E-state index in [1.807, 2.05) is 0 Å². The van der Waals surface area contributed by atoms with Crippen LogP contribution < -0.4 is 10.9 Å². The van der Waals surface area contributed by atoms with Crippen molar-refractivity contribution >= 4 is 11.4 Å². The molecule has 2 atom stereocenters. The summed E-state index contributed by atoms with van der Waals surface area (Å²) in [5.74, 6) is -1.98. The second-order valence-corrected chi connectivity index (χ2v) is 6.41. The van der Waals surface area contributed by atoms with Crippen LogP contribution in [0.1, 0.15) is 29.8 Å². The molecule has 1 aromatic carbocycles. The smallest absolute Gasteiger partial charge is 0.351 e. The molecule has 0 bridgehead atoms. The Morgan fingerprint density at radius 3 is 2.56 bits per heavy atom. The number of H-pyrrole nitrogens is 2. The van der Waals surface area contributed by atoms with Crippen molar-refractivity contribution in [1.82, 2.24) is 15.0 Å². The Labute approximate surface area is 150 Å². The number of pyridine rings is 1. The van der Waals surface area contributed by atoms with Crippen molar-refractivity contribution in [3.8, 4) is 0 Å². The molecule has 0 saturated heterocycles. The van der Waals surface area contributed by atoms with Crippen LogP contribution in [0.4, 0.5) is 28.9 Å². The minimum Gasteiger partial charge on any atom is -0.351 e. The van der Waals surface area contributed by atoms with Crippen molar-refractivity contribution in [3.63, 3.8) is 0 Å². The molecule has 5 nitrogen and oxygen atoms in total. The number of hydrogen-bond donors (Lipinski definition) is 3. The Morgan fingerprint density at radius 1 is 1.11 bits per heavy atom. The maximum Gasteiger partial charge on any atom is 0.403 e. The van der Waals surface area contributed by atoms with Crippen molar-refractivity contribution in [2.24, 2.45) is 0 Å². The molecule has 0 radical (unpaired) electrons. The maximum absolute atomic E-state index is 14.8. The third-order valence-corrected chi connectivity index (χ3v) is 5.08. The number of fused-ring (bicyclic) bond motifs is 2. The highest BCUT2D eigenvalue weighted by molar-refractivity contribution is 5.76. The molecule has 3 aromatic rings.